The monoisotopic (exact) mass is 448 g/mol. The Labute approximate surface area is 178 Å². The van der Waals surface area contributed by atoms with Crippen molar-refractivity contribution in [2.24, 2.45) is 0 Å². The molecule has 1 unspecified atom stereocenters. The number of rotatable bonds is 7. The number of esters is 1. The Morgan fingerprint density at radius 2 is 1.93 bits per heavy atom. The minimum absolute atomic E-state index is 0.0602. The van der Waals surface area contributed by atoms with E-state index in [4.69, 9.17) is 9.47 Å². The van der Waals surface area contributed by atoms with Gasteiger partial charge in [-0.1, -0.05) is 23.5 Å². The fraction of sp³-hybridized carbons (Fsp3) is 0.150. The first-order chi connectivity index (χ1) is 14.3. The molecule has 0 fully saturated rings. The molecule has 0 saturated carbocycles. The summed E-state index contributed by atoms with van der Waals surface area (Å²) < 4.78 is 35.8. The number of carbonyl (C=O) groups is 2. The van der Waals surface area contributed by atoms with E-state index < -0.39 is 22.7 Å². The topological polar surface area (TPSA) is 94.6 Å². The molecule has 0 saturated heterocycles. The molecule has 0 radical (unpaired) electrons. The summed E-state index contributed by atoms with van der Waals surface area (Å²) in [5.41, 5.74) is 0.811. The summed E-state index contributed by atoms with van der Waals surface area (Å²) in [4.78, 5) is 28.2. The normalized spacial score (nSPS) is 11.6. The van der Waals surface area contributed by atoms with Gasteiger partial charge in [-0.25, -0.2) is 9.37 Å². The van der Waals surface area contributed by atoms with E-state index in [1.807, 2.05) is 0 Å². The molecule has 0 aliphatic carbocycles. The van der Waals surface area contributed by atoms with Crippen LogP contribution in [0.15, 0.2) is 52.9 Å². The summed E-state index contributed by atoms with van der Waals surface area (Å²) in [6.45, 7) is 1.39. The lowest BCUT2D eigenvalue weighted by atomic mass is 10.1. The standard InChI is InChI=1S/C20H17FN2O5S2/c1-12(24)28-17-8-7-15(27-11-13-3-5-14(21)6-4-13)9-16(17)19(25)23-20-22-10-18(29-20)30(2)26/h3-10H,11H2,1-2H3,(H,22,23,25). The van der Waals surface area contributed by atoms with Crippen LogP contribution in [0.3, 0.4) is 0 Å². The number of nitrogens with one attached hydrogen (secondary N) is 1. The van der Waals surface area contributed by atoms with Crippen LogP contribution in [0, 0.1) is 5.82 Å². The third-order valence-corrected chi connectivity index (χ3v) is 6.09. The van der Waals surface area contributed by atoms with Crippen molar-refractivity contribution in [3.63, 3.8) is 0 Å². The van der Waals surface area contributed by atoms with Gasteiger partial charge in [-0.15, -0.1) is 0 Å². The summed E-state index contributed by atoms with van der Waals surface area (Å²) in [5, 5.41) is 2.86. The molecule has 0 bridgehead atoms. The second-order valence-electron chi connectivity index (χ2n) is 6.06. The van der Waals surface area contributed by atoms with Gasteiger partial charge in [0.15, 0.2) is 5.13 Å². The Balaban J connectivity index is 1.80. The summed E-state index contributed by atoms with van der Waals surface area (Å²) in [6.07, 6.45) is 2.94. The molecule has 1 heterocycles. The number of amides is 1. The number of nitrogens with zero attached hydrogens (tertiary/aromatic N) is 1. The van der Waals surface area contributed by atoms with Gasteiger partial charge in [0.1, 0.15) is 28.1 Å². The number of carbonyl (C=O) groups excluding carboxylic acids is 2. The number of ether oxygens (including phenoxy) is 2. The molecule has 3 aromatic rings. The molecule has 0 aliphatic rings. The van der Waals surface area contributed by atoms with E-state index in [-0.39, 0.29) is 28.9 Å². The number of hydrogen-bond donors (Lipinski definition) is 1. The highest BCUT2D eigenvalue weighted by Crippen LogP contribution is 2.28. The van der Waals surface area contributed by atoms with Gasteiger partial charge in [0, 0.05) is 13.2 Å². The van der Waals surface area contributed by atoms with Crippen molar-refractivity contribution in [1.82, 2.24) is 4.98 Å². The van der Waals surface area contributed by atoms with Crippen LogP contribution < -0.4 is 14.8 Å². The molecular formula is C20H17FN2O5S2. The third kappa shape index (κ3) is 5.71. The average Bonchev–Trinajstić information content (AvgIpc) is 3.17. The molecule has 7 nitrogen and oxygen atoms in total. The first kappa shape index (κ1) is 21.6. The van der Waals surface area contributed by atoms with Crippen LogP contribution in [0.5, 0.6) is 11.5 Å². The van der Waals surface area contributed by atoms with E-state index in [0.717, 1.165) is 16.9 Å². The molecule has 2 aromatic carbocycles. The molecule has 1 atom stereocenters. The molecular weight excluding hydrogens is 431 g/mol. The summed E-state index contributed by atoms with van der Waals surface area (Å²) in [6, 6.07) is 10.3. The Hall–Kier alpha value is -3.11. The highest BCUT2D eigenvalue weighted by Gasteiger charge is 2.18. The van der Waals surface area contributed by atoms with E-state index >= 15 is 0 Å². The maximum atomic E-state index is 13.0. The van der Waals surface area contributed by atoms with Crippen LogP contribution in [-0.2, 0) is 22.2 Å². The maximum Gasteiger partial charge on any atom is 0.308 e. The van der Waals surface area contributed by atoms with Gasteiger partial charge < -0.3 is 9.47 Å². The van der Waals surface area contributed by atoms with Gasteiger partial charge in [-0.2, -0.15) is 0 Å². The summed E-state index contributed by atoms with van der Waals surface area (Å²) in [5.74, 6) is -1.08. The van der Waals surface area contributed by atoms with Crippen LogP contribution in [0.4, 0.5) is 9.52 Å². The first-order valence-corrected chi connectivity index (χ1v) is 11.0. The fourth-order valence-corrected chi connectivity index (χ4v) is 3.83. The van der Waals surface area contributed by atoms with E-state index in [0.29, 0.717) is 9.96 Å². The molecule has 1 N–H and O–H groups in total. The van der Waals surface area contributed by atoms with Crippen molar-refractivity contribution >= 4 is 39.1 Å². The SMILES string of the molecule is CC(=O)Oc1ccc(OCc2ccc(F)cc2)cc1C(=O)Nc1ncc(S(C)=O)s1. The van der Waals surface area contributed by atoms with Crippen LogP contribution in [0.2, 0.25) is 0 Å². The molecule has 3 rings (SSSR count). The zero-order valence-electron chi connectivity index (χ0n) is 16.0. The largest absolute Gasteiger partial charge is 0.489 e. The molecule has 10 heteroatoms. The van der Waals surface area contributed by atoms with Crippen molar-refractivity contribution in [2.45, 2.75) is 17.7 Å². The molecule has 156 valence electrons. The predicted octanol–water partition coefficient (Wildman–Crippen LogP) is 3.78. The van der Waals surface area contributed by atoms with Gasteiger partial charge in [0.05, 0.1) is 22.6 Å². The lowest BCUT2D eigenvalue weighted by Gasteiger charge is -2.12. The molecule has 0 spiro atoms. The van der Waals surface area contributed by atoms with Gasteiger partial charge >= 0.3 is 5.97 Å². The number of anilines is 1. The zero-order chi connectivity index (χ0) is 21.7. The summed E-state index contributed by atoms with van der Waals surface area (Å²) in [7, 11) is -1.21. The minimum Gasteiger partial charge on any atom is -0.489 e. The number of aromatic nitrogens is 1. The summed E-state index contributed by atoms with van der Waals surface area (Å²) >= 11 is 1.08. The van der Waals surface area contributed by atoms with Gasteiger partial charge in [-0.3, -0.25) is 19.1 Å². The second kappa shape index (κ2) is 9.59. The van der Waals surface area contributed by atoms with Crippen LogP contribution >= 0.6 is 11.3 Å². The lowest BCUT2D eigenvalue weighted by molar-refractivity contribution is -0.131. The second-order valence-corrected chi connectivity index (χ2v) is 8.70. The Morgan fingerprint density at radius 1 is 1.20 bits per heavy atom. The zero-order valence-corrected chi connectivity index (χ0v) is 17.6. The predicted molar refractivity (Wildman–Crippen MR) is 111 cm³/mol. The van der Waals surface area contributed by atoms with Crippen molar-refractivity contribution in [1.29, 1.82) is 0 Å². The van der Waals surface area contributed by atoms with Crippen LogP contribution in [0.25, 0.3) is 0 Å². The molecule has 30 heavy (non-hydrogen) atoms. The fourth-order valence-electron chi connectivity index (χ4n) is 2.38. The minimum atomic E-state index is -1.21. The van der Waals surface area contributed by atoms with E-state index in [1.54, 1.807) is 18.2 Å². The molecule has 0 aliphatic heterocycles. The van der Waals surface area contributed by atoms with Crippen molar-refractivity contribution in [3.05, 3.63) is 65.6 Å². The van der Waals surface area contributed by atoms with Gasteiger partial charge in [0.2, 0.25) is 0 Å². The number of thiazole rings is 1. The lowest BCUT2D eigenvalue weighted by Crippen LogP contribution is -2.15. The smallest absolute Gasteiger partial charge is 0.308 e. The van der Waals surface area contributed by atoms with Gasteiger partial charge in [-0.05, 0) is 35.9 Å². The van der Waals surface area contributed by atoms with Crippen molar-refractivity contribution in [2.75, 3.05) is 11.6 Å². The highest BCUT2D eigenvalue weighted by molar-refractivity contribution is 7.86. The first-order valence-electron chi connectivity index (χ1n) is 8.62. The Morgan fingerprint density at radius 3 is 2.57 bits per heavy atom. The van der Waals surface area contributed by atoms with E-state index in [2.05, 4.69) is 10.3 Å². The van der Waals surface area contributed by atoms with Crippen LogP contribution in [-0.4, -0.2) is 27.3 Å². The van der Waals surface area contributed by atoms with E-state index in [9.17, 15) is 18.2 Å². The van der Waals surface area contributed by atoms with E-state index in [1.165, 1.54) is 43.6 Å². The quantitative estimate of drug-likeness (QED) is 0.437. The number of hydrogen-bond acceptors (Lipinski definition) is 7. The highest BCUT2D eigenvalue weighted by atomic mass is 32.2. The maximum absolute atomic E-state index is 13.0. The Kier molecular flexibility index (Phi) is 6.91. The Bertz CT molecular complexity index is 1100. The van der Waals surface area contributed by atoms with Crippen molar-refractivity contribution < 1.29 is 27.7 Å². The van der Waals surface area contributed by atoms with Crippen LogP contribution in [0.1, 0.15) is 22.8 Å². The van der Waals surface area contributed by atoms with Gasteiger partial charge in [0.25, 0.3) is 5.91 Å². The average molecular weight is 448 g/mol. The third-order valence-electron chi connectivity index (χ3n) is 3.76. The molecule has 1 amide bonds. The number of halogens is 1. The van der Waals surface area contributed by atoms with Crippen molar-refractivity contribution in [3.8, 4) is 11.5 Å². The number of benzene rings is 2. The molecule has 1 aromatic heterocycles.